The number of carbonyl (C=O) groups excluding carboxylic acids is 2. The van der Waals surface area contributed by atoms with Crippen LogP contribution in [-0.2, 0) is 19.1 Å². The Bertz CT molecular complexity index is 669. The molecule has 0 radical (unpaired) electrons. The third-order valence-electron chi connectivity index (χ3n) is 5.11. The van der Waals surface area contributed by atoms with Crippen molar-refractivity contribution in [1.29, 1.82) is 0 Å². The molecule has 3 aliphatic rings. The number of allylic oxidation sites excluding steroid dienone is 2. The van der Waals surface area contributed by atoms with Crippen molar-refractivity contribution in [1.82, 2.24) is 0 Å². The van der Waals surface area contributed by atoms with E-state index < -0.39 is 0 Å². The minimum atomic E-state index is -0.305. The summed E-state index contributed by atoms with van der Waals surface area (Å²) in [4.78, 5) is 27.1. The van der Waals surface area contributed by atoms with E-state index in [0.717, 1.165) is 18.6 Å². The molecule has 2 fully saturated rings. The Labute approximate surface area is 134 Å². The van der Waals surface area contributed by atoms with E-state index in [-0.39, 0.29) is 35.9 Å². The van der Waals surface area contributed by atoms with Crippen LogP contribution in [0.5, 0.6) is 0 Å². The van der Waals surface area contributed by atoms with Gasteiger partial charge in [0.2, 0.25) is 11.8 Å². The number of amides is 2. The first-order chi connectivity index (χ1) is 11.2. The number of anilines is 1. The number of methoxy groups -OCH3 is 1. The van der Waals surface area contributed by atoms with Crippen LogP contribution in [0.15, 0.2) is 42.2 Å². The highest BCUT2D eigenvalue weighted by atomic mass is 16.7. The van der Waals surface area contributed by atoms with E-state index in [1.165, 1.54) is 4.90 Å². The maximum atomic E-state index is 12.9. The molecule has 2 heterocycles. The van der Waals surface area contributed by atoms with Gasteiger partial charge in [0.05, 0.1) is 23.3 Å². The van der Waals surface area contributed by atoms with Crippen LogP contribution in [0.2, 0.25) is 0 Å². The van der Waals surface area contributed by atoms with Gasteiger partial charge in [-0.2, -0.15) is 0 Å². The van der Waals surface area contributed by atoms with Gasteiger partial charge in [0.1, 0.15) is 0 Å². The molecule has 1 aliphatic carbocycles. The van der Waals surface area contributed by atoms with Crippen LogP contribution in [-0.4, -0.2) is 25.2 Å². The lowest BCUT2D eigenvalue weighted by Crippen LogP contribution is -2.37. The van der Waals surface area contributed by atoms with Crippen LogP contribution < -0.4 is 4.90 Å². The number of nitrogens with zero attached hydrogens (tertiary/aromatic N) is 1. The molecular formula is C18H19NO4. The largest absolute Gasteiger partial charge is 0.469 e. The first-order valence-electron chi connectivity index (χ1n) is 8.03. The molecule has 4 atom stereocenters. The van der Waals surface area contributed by atoms with E-state index in [1.807, 2.05) is 24.3 Å². The third kappa shape index (κ3) is 2.18. The van der Waals surface area contributed by atoms with Gasteiger partial charge >= 0.3 is 0 Å². The van der Waals surface area contributed by atoms with Crippen LogP contribution in [0, 0.1) is 17.8 Å². The first-order valence-corrected chi connectivity index (χ1v) is 8.03. The lowest BCUT2D eigenvalue weighted by Gasteiger charge is -2.37. The summed E-state index contributed by atoms with van der Waals surface area (Å²) in [5, 5.41) is 0. The fourth-order valence-electron chi connectivity index (χ4n) is 4.00. The number of benzene rings is 1. The van der Waals surface area contributed by atoms with Gasteiger partial charge in [-0.1, -0.05) is 18.2 Å². The molecule has 0 aromatic heterocycles. The van der Waals surface area contributed by atoms with Crippen LogP contribution in [0.25, 0.3) is 0 Å². The molecule has 5 nitrogen and oxygen atoms in total. The van der Waals surface area contributed by atoms with Gasteiger partial charge in [0, 0.05) is 19.4 Å². The van der Waals surface area contributed by atoms with Gasteiger partial charge in [-0.25, -0.2) is 0 Å². The maximum absolute atomic E-state index is 12.9. The summed E-state index contributed by atoms with van der Waals surface area (Å²) in [6.45, 7) is 0. The Morgan fingerprint density at radius 1 is 1.09 bits per heavy atom. The smallest absolute Gasteiger partial charge is 0.238 e. The number of para-hydroxylation sites is 1. The lowest BCUT2D eigenvalue weighted by molar-refractivity contribution is -0.143. The van der Waals surface area contributed by atoms with Gasteiger partial charge in [-0.05, 0) is 31.1 Å². The first kappa shape index (κ1) is 14.5. The molecule has 4 rings (SSSR count). The van der Waals surface area contributed by atoms with Crippen LogP contribution in [0.1, 0.15) is 19.3 Å². The van der Waals surface area contributed by atoms with Crippen LogP contribution >= 0.6 is 0 Å². The van der Waals surface area contributed by atoms with E-state index >= 15 is 0 Å². The molecule has 5 heteroatoms. The van der Waals surface area contributed by atoms with Crippen LogP contribution in [0.4, 0.5) is 5.69 Å². The van der Waals surface area contributed by atoms with Crippen LogP contribution in [0.3, 0.4) is 0 Å². The minimum absolute atomic E-state index is 0.00897. The monoisotopic (exact) mass is 313 g/mol. The fourth-order valence-corrected chi connectivity index (χ4v) is 4.00. The summed E-state index contributed by atoms with van der Waals surface area (Å²) in [5.41, 5.74) is 0.657. The van der Waals surface area contributed by atoms with E-state index in [9.17, 15) is 9.59 Å². The Kier molecular flexibility index (Phi) is 3.45. The van der Waals surface area contributed by atoms with Gasteiger partial charge in [-0.3, -0.25) is 14.5 Å². The molecule has 0 N–H and O–H groups in total. The Hall–Kier alpha value is -2.14. The highest BCUT2D eigenvalue weighted by Crippen LogP contribution is 2.47. The molecule has 0 saturated carbocycles. The van der Waals surface area contributed by atoms with Gasteiger partial charge in [0.25, 0.3) is 0 Å². The summed E-state index contributed by atoms with van der Waals surface area (Å²) in [6, 6.07) is 9.17. The molecule has 120 valence electrons. The minimum Gasteiger partial charge on any atom is -0.469 e. The average molecular weight is 313 g/mol. The van der Waals surface area contributed by atoms with E-state index in [0.29, 0.717) is 12.1 Å². The molecule has 0 unspecified atom stereocenters. The Morgan fingerprint density at radius 2 is 1.87 bits per heavy atom. The number of imide groups is 1. The number of ether oxygens (including phenoxy) is 2. The molecular weight excluding hydrogens is 294 g/mol. The summed E-state index contributed by atoms with van der Waals surface area (Å²) < 4.78 is 11.1. The molecule has 0 spiro atoms. The summed E-state index contributed by atoms with van der Waals surface area (Å²) in [7, 11) is 1.62. The fraction of sp³-hybridized carbons (Fsp3) is 0.444. The SMILES string of the molecule is CO[C@@H]1CC[C@H]2C(=CC[C@H]3C(=O)N(c4ccccc4)C(=O)[C@H]32)O1. The lowest BCUT2D eigenvalue weighted by atomic mass is 9.73. The number of carbonyl (C=O) groups is 2. The van der Waals surface area contributed by atoms with E-state index in [1.54, 1.807) is 19.2 Å². The van der Waals surface area contributed by atoms with Crippen molar-refractivity contribution in [3.8, 4) is 0 Å². The summed E-state index contributed by atoms with van der Waals surface area (Å²) in [6.07, 6.45) is 3.84. The van der Waals surface area contributed by atoms with Crippen molar-refractivity contribution in [2.75, 3.05) is 12.0 Å². The Balaban J connectivity index is 1.65. The van der Waals surface area contributed by atoms with Crippen molar-refractivity contribution in [3.05, 3.63) is 42.2 Å². The molecule has 2 amide bonds. The van der Waals surface area contributed by atoms with Crippen molar-refractivity contribution >= 4 is 17.5 Å². The predicted molar refractivity (Wildman–Crippen MR) is 83.2 cm³/mol. The highest BCUT2D eigenvalue weighted by molar-refractivity contribution is 6.22. The maximum Gasteiger partial charge on any atom is 0.238 e. The van der Waals surface area contributed by atoms with E-state index in [2.05, 4.69) is 0 Å². The average Bonchev–Trinajstić information content (AvgIpc) is 2.86. The third-order valence-corrected chi connectivity index (χ3v) is 5.11. The van der Waals surface area contributed by atoms with Gasteiger partial charge in [0.15, 0.2) is 6.29 Å². The zero-order valence-corrected chi connectivity index (χ0v) is 13.0. The number of rotatable bonds is 2. The second kappa shape index (κ2) is 5.49. The quantitative estimate of drug-likeness (QED) is 0.787. The molecule has 1 aromatic carbocycles. The number of fused-ring (bicyclic) bond motifs is 3. The number of hydrogen-bond acceptors (Lipinski definition) is 4. The van der Waals surface area contributed by atoms with Crippen molar-refractivity contribution in [2.24, 2.45) is 17.8 Å². The zero-order chi connectivity index (χ0) is 16.0. The highest BCUT2D eigenvalue weighted by Gasteiger charge is 2.54. The standard InChI is InChI=1S/C18H19NO4/c1-22-15-10-8-12-14(23-15)9-7-13-16(12)18(21)19(17(13)20)11-5-3-2-4-6-11/h2-6,9,12-13,15-16H,7-8,10H2,1H3/t12-,13+,15-,16-/m0/s1. The van der Waals surface area contributed by atoms with Crippen molar-refractivity contribution in [2.45, 2.75) is 25.6 Å². The zero-order valence-electron chi connectivity index (χ0n) is 13.0. The molecule has 0 bridgehead atoms. The van der Waals surface area contributed by atoms with Crippen molar-refractivity contribution < 1.29 is 19.1 Å². The second-order valence-electron chi connectivity index (χ2n) is 6.29. The molecule has 1 aromatic rings. The van der Waals surface area contributed by atoms with Crippen molar-refractivity contribution in [3.63, 3.8) is 0 Å². The molecule has 2 aliphatic heterocycles. The predicted octanol–water partition coefficient (Wildman–Crippen LogP) is 2.48. The van der Waals surface area contributed by atoms with Gasteiger partial charge in [-0.15, -0.1) is 0 Å². The summed E-state index contributed by atoms with van der Waals surface area (Å²) in [5.74, 6) is 0.0574. The number of hydrogen-bond donors (Lipinski definition) is 0. The topological polar surface area (TPSA) is 55.8 Å². The van der Waals surface area contributed by atoms with E-state index in [4.69, 9.17) is 9.47 Å². The summed E-state index contributed by atoms with van der Waals surface area (Å²) >= 11 is 0. The van der Waals surface area contributed by atoms with Gasteiger partial charge < -0.3 is 9.47 Å². The molecule has 23 heavy (non-hydrogen) atoms. The second-order valence-corrected chi connectivity index (χ2v) is 6.29. The molecule has 2 saturated heterocycles. The normalized spacial score (nSPS) is 32.9. The Morgan fingerprint density at radius 3 is 2.61 bits per heavy atom.